The maximum absolute atomic E-state index is 13.3. The summed E-state index contributed by atoms with van der Waals surface area (Å²) in [5.41, 5.74) is 0.484. The first-order chi connectivity index (χ1) is 9.21. The van der Waals surface area contributed by atoms with E-state index in [2.05, 4.69) is 5.32 Å². The molecule has 0 atom stereocenters. The van der Waals surface area contributed by atoms with Crippen molar-refractivity contribution in [2.75, 3.05) is 24.5 Å². The molecule has 0 aliphatic carbocycles. The van der Waals surface area contributed by atoms with E-state index >= 15 is 0 Å². The predicted octanol–water partition coefficient (Wildman–Crippen LogP) is 2.74. The van der Waals surface area contributed by atoms with Gasteiger partial charge in [0.25, 0.3) is 0 Å². The number of benzene rings is 1. The summed E-state index contributed by atoms with van der Waals surface area (Å²) >= 11 is 0. The van der Waals surface area contributed by atoms with Gasteiger partial charge in [0.1, 0.15) is 5.82 Å². The third-order valence-electron chi connectivity index (χ3n) is 4.42. The van der Waals surface area contributed by atoms with Crippen molar-refractivity contribution in [2.24, 2.45) is 5.41 Å². The Kier molecular flexibility index (Phi) is 4.66. The van der Waals surface area contributed by atoms with Gasteiger partial charge in [0.15, 0.2) is 0 Å². The zero-order valence-electron chi connectivity index (χ0n) is 11.4. The first-order valence-electron chi connectivity index (χ1n) is 7.00. The quantitative estimate of drug-likeness (QED) is 0.864. The molecule has 3 nitrogen and oxygen atoms in total. The van der Waals surface area contributed by atoms with Gasteiger partial charge < -0.3 is 10.2 Å². The fraction of sp³-hybridized carbons (Fsp3) is 0.533. The first kappa shape index (κ1) is 15.3. The highest BCUT2D eigenvalue weighted by atomic mass is 35.5. The van der Waals surface area contributed by atoms with Crippen LogP contribution in [-0.2, 0) is 4.79 Å². The Labute approximate surface area is 124 Å². The van der Waals surface area contributed by atoms with Crippen LogP contribution in [0.5, 0.6) is 0 Å². The van der Waals surface area contributed by atoms with Gasteiger partial charge in [-0.25, -0.2) is 4.39 Å². The van der Waals surface area contributed by atoms with Crippen molar-refractivity contribution in [2.45, 2.75) is 25.7 Å². The number of carbonyl (C=O) groups is 1. The number of hydrogen-bond acceptors (Lipinski definition) is 2. The van der Waals surface area contributed by atoms with Gasteiger partial charge >= 0.3 is 0 Å². The fourth-order valence-electron chi connectivity index (χ4n) is 3.33. The lowest BCUT2D eigenvalue weighted by Crippen LogP contribution is -2.53. The van der Waals surface area contributed by atoms with Gasteiger partial charge in [-0.1, -0.05) is 6.07 Å². The molecule has 2 aliphatic heterocycles. The van der Waals surface area contributed by atoms with E-state index in [1.165, 1.54) is 12.1 Å². The first-order valence-corrected chi connectivity index (χ1v) is 7.00. The molecule has 5 heteroatoms. The fourth-order valence-corrected chi connectivity index (χ4v) is 3.33. The molecule has 0 saturated carbocycles. The maximum atomic E-state index is 13.3. The van der Waals surface area contributed by atoms with Crippen LogP contribution in [0.25, 0.3) is 0 Å². The molecule has 0 radical (unpaired) electrons. The SMILES string of the molecule is Cl.O=C1N(c2cccc(F)c2)CCCC12CCNCC2. The highest BCUT2D eigenvalue weighted by Crippen LogP contribution is 2.40. The monoisotopic (exact) mass is 298 g/mol. The average Bonchev–Trinajstić information content (AvgIpc) is 2.43. The summed E-state index contributed by atoms with van der Waals surface area (Å²) in [6, 6.07) is 6.36. The molecule has 1 aromatic rings. The molecule has 0 unspecified atom stereocenters. The van der Waals surface area contributed by atoms with Crippen molar-refractivity contribution in [3.63, 3.8) is 0 Å². The van der Waals surface area contributed by atoms with E-state index in [4.69, 9.17) is 0 Å². The van der Waals surface area contributed by atoms with Crippen LogP contribution in [0.4, 0.5) is 10.1 Å². The number of carbonyl (C=O) groups excluding carboxylic acids is 1. The Bertz CT molecular complexity index is 483. The average molecular weight is 299 g/mol. The number of rotatable bonds is 1. The van der Waals surface area contributed by atoms with Gasteiger partial charge in [-0.15, -0.1) is 12.4 Å². The Morgan fingerprint density at radius 2 is 1.95 bits per heavy atom. The lowest BCUT2D eigenvalue weighted by atomic mass is 9.72. The van der Waals surface area contributed by atoms with E-state index < -0.39 is 0 Å². The molecule has 1 spiro atoms. The van der Waals surface area contributed by atoms with Crippen LogP contribution in [0.1, 0.15) is 25.7 Å². The molecule has 1 N–H and O–H groups in total. The second-order valence-electron chi connectivity index (χ2n) is 5.57. The Balaban J connectivity index is 0.00000147. The molecule has 2 saturated heterocycles. The Morgan fingerprint density at radius 1 is 1.20 bits per heavy atom. The molecular weight excluding hydrogens is 279 g/mol. The van der Waals surface area contributed by atoms with Crippen LogP contribution < -0.4 is 10.2 Å². The number of amides is 1. The molecule has 110 valence electrons. The predicted molar refractivity (Wildman–Crippen MR) is 79.8 cm³/mol. The lowest BCUT2D eigenvalue weighted by Gasteiger charge is -2.44. The number of halogens is 2. The summed E-state index contributed by atoms with van der Waals surface area (Å²) in [4.78, 5) is 14.6. The van der Waals surface area contributed by atoms with Gasteiger partial charge in [0, 0.05) is 12.2 Å². The summed E-state index contributed by atoms with van der Waals surface area (Å²) in [6.45, 7) is 2.52. The van der Waals surface area contributed by atoms with Gasteiger partial charge in [0.2, 0.25) is 5.91 Å². The summed E-state index contributed by atoms with van der Waals surface area (Å²) in [5.74, 6) is -0.0962. The molecule has 2 aliphatic rings. The number of anilines is 1. The zero-order valence-corrected chi connectivity index (χ0v) is 12.2. The van der Waals surface area contributed by atoms with Gasteiger partial charge in [-0.3, -0.25) is 4.79 Å². The molecule has 20 heavy (non-hydrogen) atoms. The van der Waals surface area contributed by atoms with Crippen LogP contribution in [0.3, 0.4) is 0 Å². The third-order valence-corrected chi connectivity index (χ3v) is 4.42. The second-order valence-corrected chi connectivity index (χ2v) is 5.57. The van der Waals surface area contributed by atoms with Crippen LogP contribution in [0.15, 0.2) is 24.3 Å². The van der Waals surface area contributed by atoms with Crippen molar-refractivity contribution < 1.29 is 9.18 Å². The van der Waals surface area contributed by atoms with Crippen LogP contribution in [0.2, 0.25) is 0 Å². The van der Waals surface area contributed by atoms with E-state index in [1.807, 2.05) is 6.07 Å². The normalized spacial score (nSPS) is 21.6. The van der Waals surface area contributed by atoms with E-state index in [0.717, 1.165) is 38.8 Å². The van der Waals surface area contributed by atoms with Crippen LogP contribution in [-0.4, -0.2) is 25.5 Å². The molecule has 1 amide bonds. The van der Waals surface area contributed by atoms with E-state index in [1.54, 1.807) is 11.0 Å². The molecule has 2 heterocycles. The van der Waals surface area contributed by atoms with Crippen molar-refractivity contribution in [3.05, 3.63) is 30.1 Å². The minimum absolute atomic E-state index is 0. The van der Waals surface area contributed by atoms with Crippen molar-refractivity contribution in [3.8, 4) is 0 Å². The third kappa shape index (κ3) is 2.67. The van der Waals surface area contributed by atoms with Crippen LogP contribution >= 0.6 is 12.4 Å². The highest BCUT2D eigenvalue weighted by molar-refractivity contribution is 5.98. The highest BCUT2D eigenvalue weighted by Gasteiger charge is 2.44. The number of piperidine rings is 2. The smallest absolute Gasteiger partial charge is 0.233 e. The molecule has 3 rings (SSSR count). The summed E-state index contributed by atoms with van der Waals surface area (Å²) < 4.78 is 13.3. The van der Waals surface area contributed by atoms with Crippen molar-refractivity contribution in [1.82, 2.24) is 5.32 Å². The number of hydrogen-bond donors (Lipinski definition) is 1. The Hall–Kier alpha value is -1.13. The standard InChI is InChI=1S/C15H19FN2O.ClH/c16-12-3-1-4-13(11-12)18-10-2-5-15(14(18)19)6-8-17-9-7-15;/h1,3-4,11,17H,2,5-10H2;1H. The van der Waals surface area contributed by atoms with E-state index in [0.29, 0.717) is 12.2 Å². The van der Waals surface area contributed by atoms with Gasteiger partial charge in [-0.2, -0.15) is 0 Å². The van der Waals surface area contributed by atoms with Gasteiger partial charge in [0.05, 0.1) is 5.41 Å². The van der Waals surface area contributed by atoms with E-state index in [9.17, 15) is 9.18 Å². The topological polar surface area (TPSA) is 32.3 Å². The maximum Gasteiger partial charge on any atom is 0.233 e. The molecule has 0 bridgehead atoms. The van der Waals surface area contributed by atoms with E-state index in [-0.39, 0.29) is 29.5 Å². The molecule has 2 fully saturated rings. The number of nitrogens with one attached hydrogen (secondary N) is 1. The minimum atomic E-state index is -0.282. The largest absolute Gasteiger partial charge is 0.317 e. The molecule has 1 aromatic carbocycles. The zero-order chi connectivity index (χ0) is 13.3. The minimum Gasteiger partial charge on any atom is -0.317 e. The van der Waals surface area contributed by atoms with Gasteiger partial charge in [-0.05, 0) is 57.0 Å². The molecule has 0 aromatic heterocycles. The summed E-state index contributed by atoms with van der Waals surface area (Å²) in [7, 11) is 0. The van der Waals surface area contributed by atoms with Crippen LogP contribution in [0, 0.1) is 11.2 Å². The number of nitrogens with zero attached hydrogens (tertiary/aromatic N) is 1. The second kappa shape index (κ2) is 6.10. The molecular formula is C15H20ClFN2O. The lowest BCUT2D eigenvalue weighted by molar-refractivity contribution is -0.132. The summed E-state index contributed by atoms with van der Waals surface area (Å²) in [5, 5.41) is 3.31. The van der Waals surface area contributed by atoms with Crippen molar-refractivity contribution in [1.29, 1.82) is 0 Å². The Morgan fingerprint density at radius 3 is 2.65 bits per heavy atom. The summed E-state index contributed by atoms with van der Waals surface area (Å²) in [6.07, 6.45) is 3.77. The van der Waals surface area contributed by atoms with Crippen molar-refractivity contribution >= 4 is 24.0 Å².